The van der Waals surface area contributed by atoms with Crippen molar-refractivity contribution in [3.63, 3.8) is 0 Å². The molecule has 14 nitrogen and oxygen atoms in total. The molecular formula is C90H44N14. The van der Waals surface area contributed by atoms with E-state index in [-0.39, 0.29) is 0 Å². The molecule has 13 aromatic carbocycles. The Morgan fingerprint density at radius 2 is 0.548 bits per heavy atom. The summed E-state index contributed by atoms with van der Waals surface area (Å²) in [4.78, 5) is 15.9. The van der Waals surface area contributed by atoms with E-state index in [1.807, 2.05) is 170 Å². The molecule has 0 saturated heterocycles. The number of fused-ring (bicyclic) bond motifs is 6. The van der Waals surface area contributed by atoms with Crippen molar-refractivity contribution in [2.24, 2.45) is 0 Å². The van der Waals surface area contributed by atoms with Crippen molar-refractivity contribution in [3.8, 4) is 167 Å². The molecule has 104 heavy (non-hydrogen) atoms. The van der Waals surface area contributed by atoms with Crippen LogP contribution in [0.1, 0.15) is 50.1 Å². The lowest BCUT2D eigenvalue weighted by molar-refractivity contribution is 1.07. The molecule has 14 heteroatoms. The van der Waals surface area contributed by atoms with Gasteiger partial charge in [0.25, 0.3) is 0 Å². The Hall–Kier alpha value is -16.1. The van der Waals surface area contributed by atoms with E-state index in [4.69, 9.17) is 15.0 Å². The number of rotatable bonds is 11. The quantitative estimate of drug-likeness (QED) is 0.117. The summed E-state index contributed by atoms with van der Waals surface area (Å²) in [6, 6.07) is 104. The number of hydrogen-bond acceptors (Lipinski definition) is 12. The van der Waals surface area contributed by atoms with Crippen LogP contribution < -0.4 is 0 Å². The first-order valence-corrected chi connectivity index (χ1v) is 32.7. The molecule has 3 aromatic heterocycles. The zero-order valence-corrected chi connectivity index (χ0v) is 54.7. The summed E-state index contributed by atoms with van der Waals surface area (Å²) >= 11 is 0. The maximum absolute atomic E-state index is 10.8. The average Bonchev–Trinajstić information content (AvgIpc) is 1.59. The molecule has 0 radical (unpaired) electrons. The fourth-order valence-corrected chi connectivity index (χ4v) is 14.1. The summed E-state index contributed by atoms with van der Waals surface area (Å²) in [6.07, 6.45) is 0. The fraction of sp³-hybridized carbons (Fsp3) is 0. The van der Waals surface area contributed by atoms with Crippen LogP contribution in [0.25, 0.3) is 156 Å². The van der Waals surface area contributed by atoms with Gasteiger partial charge in [-0.2, -0.15) is 47.4 Å². The van der Waals surface area contributed by atoms with Crippen LogP contribution in [0.5, 0.6) is 0 Å². The first kappa shape index (κ1) is 62.7. The largest absolute Gasteiger partial charge is 0.309 e. The highest BCUT2D eigenvalue weighted by Gasteiger charge is 2.26. The second kappa shape index (κ2) is 26.0. The van der Waals surface area contributed by atoms with Crippen molar-refractivity contribution in [1.29, 1.82) is 47.4 Å². The molecule has 0 aliphatic heterocycles. The van der Waals surface area contributed by atoms with Gasteiger partial charge in [0.1, 0.15) is 0 Å². The summed E-state index contributed by atoms with van der Waals surface area (Å²) < 4.78 is 4.37. The molecule has 0 N–H and O–H groups in total. The zero-order chi connectivity index (χ0) is 71.1. The monoisotopic (exact) mass is 1320 g/mol. The maximum Gasteiger partial charge on any atom is 0.164 e. The summed E-state index contributed by atoms with van der Waals surface area (Å²) in [7, 11) is 0. The third-order valence-electron chi connectivity index (χ3n) is 18.9. The van der Waals surface area contributed by atoms with Crippen molar-refractivity contribution in [3.05, 3.63) is 317 Å². The molecule has 0 aliphatic rings. The van der Waals surface area contributed by atoms with Gasteiger partial charge in [0.2, 0.25) is 0 Å². The van der Waals surface area contributed by atoms with Crippen LogP contribution in [0.3, 0.4) is 0 Å². The standard InChI is InChI=1S/C90H44N14/c91-45-54-15-25-72(66(35-54)50-96)61-19-30-83-79(40-61)80-41-62(73-26-16-55(46-92)36-67(73)51-97)20-31-84(80)103(83)70-24-29-76(90-101-88(58-9-3-1-4-10-58)100-89(102-90)59-11-5-2-6-12-59)77(44-70)78-39-60(71-14-8-7-13-65(71)49-95)21-32-85(78)104-86-33-22-63(74-27-17-56(47-93)37-68(74)52-98)42-81(86)82-43-64(23-34-87(82)104)75-28-18-57(48-94)38-69(75)53-99/h1-44H. The molecule has 0 aliphatic carbocycles. The van der Waals surface area contributed by atoms with Crippen LogP contribution >= 0.6 is 0 Å². The Bertz CT molecular complexity index is 6470. The fourth-order valence-electron chi connectivity index (χ4n) is 14.1. The van der Waals surface area contributed by atoms with Crippen LogP contribution in [0.15, 0.2) is 267 Å². The first-order chi connectivity index (χ1) is 51.1. The third-order valence-corrected chi connectivity index (χ3v) is 18.9. The lowest BCUT2D eigenvalue weighted by Gasteiger charge is -2.20. The molecule has 0 fully saturated rings. The van der Waals surface area contributed by atoms with Crippen molar-refractivity contribution in [2.75, 3.05) is 0 Å². The minimum atomic E-state index is 0.319. The van der Waals surface area contributed by atoms with E-state index in [0.717, 1.165) is 71.4 Å². The molecule has 0 atom stereocenters. The molecule has 16 aromatic rings. The Morgan fingerprint density at radius 1 is 0.212 bits per heavy atom. The predicted molar refractivity (Wildman–Crippen MR) is 400 cm³/mol. The SMILES string of the molecule is N#Cc1ccc(-c2ccc3c(c2)c2cc(-c4ccc(C#N)cc4C#N)ccc2n3-c2ccc(-c3nc(-c4ccccc4)nc(-c4ccccc4)n3)c(-c3cc(-c4ccccc4C#N)ccc3-n3c4ccc(-c5ccc(C#N)cc5C#N)cc4c4cc(-c5ccc(C#N)cc5C#N)ccc43)c2)c(C#N)c1. The summed E-state index contributed by atoms with van der Waals surface area (Å²) in [5.74, 6) is 1.20. The minimum absolute atomic E-state index is 0.319. The van der Waals surface area contributed by atoms with E-state index >= 15 is 0 Å². The molecule has 0 spiro atoms. The Morgan fingerprint density at radius 3 is 0.942 bits per heavy atom. The van der Waals surface area contributed by atoms with E-state index in [1.54, 1.807) is 78.9 Å². The van der Waals surface area contributed by atoms with Crippen molar-refractivity contribution < 1.29 is 0 Å². The van der Waals surface area contributed by atoms with Crippen LogP contribution in [-0.2, 0) is 0 Å². The highest BCUT2D eigenvalue weighted by Crippen LogP contribution is 2.47. The number of hydrogen-bond donors (Lipinski definition) is 0. The van der Waals surface area contributed by atoms with Crippen LogP contribution in [0, 0.1) is 102 Å². The van der Waals surface area contributed by atoms with E-state index in [0.29, 0.717) is 135 Å². The Labute approximate surface area is 595 Å². The second-order valence-corrected chi connectivity index (χ2v) is 24.7. The van der Waals surface area contributed by atoms with E-state index < -0.39 is 0 Å². The van der Waals surface area contributed by atoms with Crippen molar-refractivity contribution >= 4 is 43.6 Å². The highest BCUT2D eigenvalue weighted by molar-refractivity contribution is 6.14. The van der Waals surface area contributed by atoms with Gasteiger partial charge < -0.3 is 9.13 Å². The lowest BCUT2D eigenvalue weighted by atomic mass is 9.91. The van der Waals surface area contributed by atoms with Crippen LogP contribution in [0.4, 0.5) is 0 Å². The lowest BCUT2D eigenvalue weighted by Crippen LogP contribution is -2.04. The van der Waals surface area contributed by atoms with Crippen LogP contribution in [-0.4, -0.2) is 24.1 Å². The van der Waals surface area contributed by atoms with Gasteiger partial charge in [-0.3, -0.25) is 0 Å². The van der Waals surface area contributed by atoms with Gasteiger partial charge >= 0.3 is 0 Å². The van der Waals surface area contributed by atoms with Gasteiger partial charge in [-0.1, -0.05) is 133 Å². The highest BCUT2D eigenvalue weighted by atomic mass is 15.0. The third kappa shape index (κ3) is 10.8. The van der Waals surface area contributed by atoms with Gasteiger partial charge in [0.05, 0.1) is 132 Å². The van der Waals surface area contributed by atoms with E-state index in [2.05, 4.69) is 82.0 Å². The molecule has 0 bridgehead atoms. The molecule has 474 valence electrons. The number of benzene rings is 13. The van der Waals surface area contributed by atoms with Gasteiger partial charge in [-0.05, 0) is 195 Å². The average molecular weight is 1320 g/mol. The van der Waals surface area contributed by atoms with Gasteiger partial charge in [-0.25, -0.2) is 15.0 Å². The normalized spacial score (nSPS) is 10.8. The molecule has 0 amide bonds. The Kier molecular flexibility index (Phi) is 15.7. The second-order valence-electron chi connectivity index (χ2n) is 24.7. The molecular weight excluding hydrogens is 1280 g/mol. The topological polar surface area (TPSA) is 263 Å². The molecule has 0 unspecified atom stereocenters. The van der Waals surface area contributed by atoms with Gasteiger partial charge in [0.15, 0.2) is 17.5 Å². The summed E-state index contributed by atoms with van der Waals surface area (Å²) in [5.41, 5.74) is 17.8. The zero-order valence-electron chi connectivity index (χ0n) is 54.7. The minimum Gasteiger partial charge on any atom is -0.309 e. The number of nitrogens with zero attached hydrogens (tertiary/aromatic N) is 14. The van der Waals surface area contributed by atoms with Crippen molar-refractivity contribution in [2.45, 2.75) is 0 Å². The summed E-state index contributed by atoms with van der Waals surface area (Å²) in [6.45, 7) is 0. The predicted octanol–water partition coefficient (Wildman–Crippen LogP) is 19.9. The smallest absolute Gasteiger partial charge is 0.164 e. The Balaban J connectivity index is 1.03. The first-order valence-electron chi connectivity index (χ1n) is 32.7. The number of aromatic nitrogens is 5. The molecule has 0 saturated carbocycles. The van der Waals surface area contributed by atoms with E-state index in [1.165, 1.54) is 0 Å². The van der Waals surface area contributed by atoms with Crippen molar-refractivity contribution in [1.82, 2.24) is 24.1 Å². The van der Waals surface area contributed by atoms with E-state index in [9.17, 15) is 47.4 Å². The molecule has 3 heterocycles. The maximum atomic E-state index is 10.8. The molecule has 16 rings (SSSR count). The van der Waals surface area contributed by atoms with Gasteiger partial charge in [0, 0.05) is 49.5 Å². The number of nitriles is 9. The summed E-state index contributed by atoms with van der Waals surface area (Å²) in [5, 5.41) is 96.0. The van der Waals surface area contributed by atoms with Gasteiger partial charge in [-0.15, -0.1) is 0 Å². The van der Waals surface area contributed by atoms with Crippen LogP contribution in [0.2, 0.25) is 0 Å².